The summed E-state index contributed by atoms with van der Waals surface area (Å²) in [7, 11) is 0. The Morgan fingerprint density at radius 3 is 2.27 bits per heavy atom. The maximum atomic E-state index is 15.0. The molecule has 1 fully saturated rings. The first kappa shape index (κ1) is 20.9. The molecule has 0 bridgehead atoms. The summed E-state index contributed by atoms with van der Waals surface area (Å²) in [5, 5.41) is 0. The fourth-order valence-electron chi connectivity index (χ4n) is 4.09. The maximum Gasteiger partial charge on any atom is 0.414 e. The van der Waals surface area contributed by atoms with E-state index in [4.69, 9.17) is 10.5 Å². The first-order valence-electron chi connectivity index (χ1n) is 10.4. The predicted octanol–water partition coefficient (Wildman–Crippen LogP) is -0.466. The second-order valence-electron chi connectivity index (χ2n) is 7.67. The SMILES string of the molecule is NC[C@H]1CN(c2ccc(N3CCn4c(=O)n(-c5ncccn5)c(=O)n4CC3)c(F)c2)C(=O)O1. The molecule has 5 rings (SSSR count). The van der Waals surface area contributed by atoms with Gasteiger partial charge in [-0.05, 0) is 24.3 Å². The number of benzene rings is 1. The van der Waals surface area contributed by atoms with E-state index < -0.39 is 29.4 Å². The van der Waals surface area contributed by atoms with Gasteiger partial charge in [-0.1, -0.05) is 0 Å². The van der Waals surface area contributed by atoms with Crippen LogP contribution >= 0.6 is 0 Å². The highest BCUT2D eigenvalue weighted by Crippen LogP contribution is 2.28. The van der Waals surface area contributed by atoms with Crippen LogP contribution in [0, 0.1) is 5.82 Å². The Morgan fingerprint density at radius 2 is 1.70 bits per heavy atom. The average Bonchev–Trinajstić information content (AvgIpc) is 3.20. The number of fused-ring (bicyclic) bond motifs is 1. The first-order chi connectivity index (χ1) is 16.0. The van der Waals surface area contributed by atoms with Crippen LogP contribution in [-0.4, -0.2) is 62.3 Å². The molecule has 0 radical (unpaired) electrons. The topological polar surface area (TPSA) is 134 Å². The van der Waals surface area contributed by atoms with Crippen molar-refractivity contribution >= 4 is 17.5 Å². The second-order valence-corrected chi connectivity index (χ2v) is 7.67. The zero-order valence-corrected chi connectivity index (χ0v) is 17.5. The van der Waals surface area contributed by atoms with Crippen molar-refractivity contribution in [2.24, 2.45) is 5.73 Å². The highest BCUT2D eigenvalue weighted by atomic mass is 19.1. The van der Waals surface area contributed by atoms with Crippen molar-refractivity contribution in [3.63, 3.8) is 0 Å². The second kappa shape index (κ2) is 8.16. The lowest BCUT2D eigenvalue weighted by Crippen LogP contribution is -2.33. The van der Waals surface area contributed by atoms with E-state index in [9.17, 15) is 14.4 Å². The molecular formula is C20H21FN8O4. The first-order valence-corrected chi connectivity index (χ1v) is 10.4. The molecule has 2 aliphatic heterocycles. The molecule has 12 nitrogen and oxygen atoms in total. The predicted molar refractivity (Wildman–Crippen MR) is 115 cm³/mol. The third-order valence-electron chi connectivity index (χ3n) is 5.75. The number of nitrogens with two attached hydrogens (primary N) is 1. The molecule has 3 aromatic rings. The Balaban J connectivity index is 1.38. The van der Waals surface area contributed by atoms with Crippen LogP contribution < -0.4 is 26.9 Å². The lowest BCUT2D eigenvalue weighted by molar-refractivity contribution is 0.145. The molecule has 2 N–H and O–H groups in total. The third kappa shape index (κ3) is 3.55. The van der Waals surface area contributed by atoms with E-state index in [-0.39, 0.29) is 32.1 Å². The van der Waals surface area contributed by atoms with Gasteiger partial charge in [0.25, 0.3) is 0 Å². The van der Waals surface area contributed by atoms with Gasteiger partial charge in [-0.15, -0.1) is 0 Å². The van der Waals surface area contributed by atoms with Gasteiger partial charge >= 0.3 is 17.5 Å². The summed E-state index contributed by atoms with van der Waals surface area (Å²) < 4.78 is 23.7. The van der Waals surface area contributed by atoms with Crippen molar-refractivity contribution in [3.8, 4) is 5.95 Å². The molecule has 33 heavy (non-hydrogen) atoms. The Hall–Kier alpha value is -4.00. The van der Waals surface area contributed by atoms with Crippen LogP contribution in [0.1, 0.15) is 0 Å². The average molecular weight is 456 g/mol. The summed E-state index contributed by atoms with van der Waals surface area (Å²) in [6.07, 6.45) is 1.91. The van der Waals surface area contributed by atoms with Gasteiger partial charge in [0, 0.05) is 32.0 Å². The number of nitrogens with zero attached hydrogens (tertiary/aromatic N) is 7. The van der Waals surface area contributed by atoms with E-state index in [0.29, 0.717) is 24.5 Å². The summed E-state index contributed by atoms with van der Waals surface area (Å²) in [6.45, 7) is 1.40. The van der Waals surface area contributed by atoms with E-state index in [1.54, 1.807) is 23.1 Å². The largest absolute Gasteiger partial charge is 0.443 e. The molecule has 1 saturated heterocycles. The summed E-state index contributed by atoms with van der Waals surface area (Å²) >= 11 is 0. The lowest BCUT2D eigenvalue weighted by Gasteiger charge is -2.23. The van der Waals surface area contributed by atoms with Gasteiger partial charge in [-0.25, -0.2) is 38.1 Å². The van der Waals surface area contributed by atoms with Crippen LogP contribution in [0.25, 0.3) is 5.95 Å². The number of carbonyl (C=O) groups excluding carboxylic acids is 1. The number of carbonyl (C=O) groups is 1. The molecule has 172 valence electrons. The number of amides is 1. The maximum absolute atomic E-state index is 15.0. The molecule has 0 spiro atoms. The molecule has 4 heterocycles. The fourth-order valence-corrected chi connectivity index (χ4v) is 4.09. The Labute approximate surface area is 186 Å². The number of ether oxygens (including phenoxy) is 1. The van der Waals surface area contributed by atoms with Gasteiger partial charge in [0.15, 0.2) is 0 Å². The number of hydrogen-bond acceptors (Lipinski definition) is 8. The third-order valence-corrected chi connectivity index (χ3v) is 5.75. The summed E-state index contributed by atoms with van der Waals surface area (Å²) in [5.74, 6) is -0.512. The number of rotatable bonds is 4. The van der Waals surface area contributed by atoms with Crippen molar-refractivity contribution in [2.75, 3.05) is 36.0 Å². The van der Waals surface area contributed by atoms with Gasteiger partial charge in [-0.3, -0.25) is 4.90 Å². The van der Waals surface area contributed by atoms with E-state index in [1.165, 1.54) is 32.7 Å². The van der Waals surface area contributed by atoms with Crippen molar-refractivity contribution < 1.29 is 13.9 Å². The van der Waals surface area contributed by atoms with Gasteiger partial charge < -0.3 is 15.4 Å². The number of anilines is 2. The van der Waals surface area contributed by atoms with Gasteiger partial charge in [0.2, 0.25) is 5.95 Å². The number of cyclic esters (lactones) is 1. The molecule has 1 amide bonds. The zero-order chi connectivity index (χ0) is 23.1. The van der Waals surface area contributed by atoms with Gasteiger partial charge in [0.05, 0.1) is 31.0 Å². The molecular weight excluding hydrogens is 435 g/mol. The van der Waals surface area contributed by atoms with Crippen molar-refractivity contribution in [1.82, 2.24) is 23.9 Å². The minimum atomic E-state index is -0.565. The standard InChI is InChI=1S/C20H21FN8O4/c21-15-10-13(26-12-14(11-22)33-20(26)32)2-3-16(15)25-6-8-27-18(30)29(17-23-4-1-5-24-17)19(31)28(27)9-7-25/h1-5,10,14H,6-9,11-12,22H2/t14-/m0/s1. The van der Waals surface area contributed by atoms with Crippen LogP contribution in [0.4, 0.5) is 20.6 Å². The Kier molecular flexibility index (Phi) is 5.17. The normalized spacial score (nSPS) is 18.2. The minimum Gasteiger partial charge on any atom is -0.443 e. The van der Waals surface area contributed by atoms with Crippen LogP contribution in [0.5, 0.6) is 0 Å². The van der Waals surface area contributed by atoms with Crippen LogP contribution in [0.3, 0.4) is 0 Å². The van der Waals surface area contributed by atoms with E-state index >= 15 is 4.39 Å². The monoisotopic (exact) mass is 456 g/mol. The number of hydrogen-bond donors (Lipinski definition) is 1. The molecule has 2 aliphatic rings. The fraction of sp³-hybridized carbons (Fsp3) is 0.350. The Bertz CT molecular complexity index is 1280. The quantitative estimate of drug-likeness (QED) is 0.557. The van der Waals surface area contributed by atoms with E-state index in [0.717, 1.165) is 4.57 Å². The molecule has 1 aromatic carbocycles. The zero-order valence-electron chi connectivity index (χ0n) is 17.5. The van der Waals surface area contributed by atoms with Crippen LogP contribution in [-0.2, 0) is 17.8 Å². The minimum absolute atomic E-state index is 0.0105. The van der Waals surface area contributed by atoms with Crippen LogP contribution in [0.15, 0.2) is 46.2 Å². The molecule has 0 saturated carbocycles. The molecule has 13 heteroatoms. The van der Waals surface area contributed by atoms with E-state index in [2.05, 4.69) is 9.97 Å². The lowest BCUT2D eigenvalue weighted by atomic mass is 10.2. The summed E-state index contributed by atoms with van der Waals surface area (Å²) in [5.41, 5.74) is 5.14. The van der Waals surface area contributed by atoms with Crippen molar-refractivity contribution in [1.29, 1.82) is 0 Å². The van der Waals surface area contributed by atoms with Crippen LogP contribution in [0.2, 0.25) is 0 Å². The number of halogens is 1. The molecule has 0 aliphatic carbocycles. The van der Waals surface area contributed by atoms with Gasteiger partial charge in [0.1, 0.15) is 11.9 Å². The van der Waals surface area contributed by atoms with Crippen molar-refractivity contribution in [2.45, 2.75) is 19.2 Å². The molecule has 1 atom stereocenters. The Morgan fingerprint density at radius 1 is 1.03 bits per heavy atom. The smallest absolute Gasteiger partial charge is 0.414 e. The highest BCUT2D eigenvalue weighted by Gasteiger charge is 2.32. The van der Waals surface area contributed by atoms with E-state index in [1.807, 2.05) is 0 Å². The highest BCUT2D eigenvalue weighted by molar-refractivity contribution is 5.90. The number of aromatic nitrogens is 5. The van der Waals surface area contributed by atoms with Gasteiger partial charge in [-0.2, -0.15) is 4.57 Å². The summed E-state index contributed by atoms with van der Waals surface area (Å²) in [6, 6.07) is 6.07. The van der Waals surface area contributed by atoms with Crippen molar-refractivity contribution in [3.05, 3.63) is 63.4 Å². The molecule has 2 aromatic heterocycles. The molecule has 0 unspecified atom stereocenters. The summed E-state index contributed by atoms with van der Waals surface area (Å²) in [4.78, 5) is 48.8.